The van der Waals surface area contributed by atoms with E-state index in [2.05, 4.69) is 5.32 Å². The second-order valence-electron chi connectivity index (χ2n) is 4.82. The molecule has 2 aromatic carbocycles. The molecule has 0 aromatic heterocycles. The van der Waals surface area contributed by atoms with E-state index in [0.717, 1.165) is 11.6 Å². The van der Waals surface area contributed by atoms with Crippen molar-refractivity contribution in [3.05, 3.63) is 59.7 Å². The van der Waals surface area contributed by atoms with E-state index in [1.54, 1.807) is 0 Å². The number of alkyl halides is 3. The predicted octanol–water partition coefficient (Wildman–Crippen LogP) is 4.85. The number of anilines is 2. The van der Waals surface area contributed by atoms with Crippen LogP contribution in [0.3, 0.4) is 0 Å². The lowest BCUT2D eigenvalue weighted by Gasteiger charge is -2.22. The average Bonchev–Trinajstić information content (AvgIpc) is 2.46. The molecule has 5 heteroatoms. The van der Waals surface area contributed by atoms with Gasteiger partial charge in [-0.05, 0) is 30.2 Å². The first-order valence-corrected chi connectivity index (χ1v) is 6.70. The minimum atomic E-state index is -4.44. The van der Waals surface area contributed by atoms with Gasteiger partial charge in [-0.2, -0.15) is 13.2 Å². The summed E-state index contributed by atoms with van der Waals surface area (Å²) in [5.74, 6) is 0. The second-order valence-corrected chi connectivity index (χ2v) is 4.82. The molecule has 2 aromatic rings. The number of nitrogens with one attached hydrogen (secondary N) is 1. The van der Waals surface area contributed by atoms with E-state index in [1.165, 1.54) is 12.1 Å². The monoisotopic (exact) mass is 294 g/mol. The highest BCUT2D eigenvalue weighted by atomic mass is 19.4. The van der Waals surface area contributed by atoms with Gasteiger partial charge in [0.15, 0.2) is 0 Å². The zero-order valence-corrected chi connectivity index (χ0v) is 11.6. The van der Waals surface area contributed by atoms with E-state index < -0.39 is 11.7 Å². The van der Waals surface area contributed by atoms with Crippen LogP contribution in [0.15, 0.2) is 48.5 Å². The van der Waals surface area contributed by atoms with Crippen LogP contribution in [-0.2, 0) is 6.18 Å². The summed E-state index contributed by atoms with van der Waals surface area (Å²) < 4.78 is 39.3. The molecule has 2 nitrogen and oxygen atoms in total. The molecule has 0 bridgehead atoms. The Morgan fingerprint density at radius 2 is 1.76 bits per heavy atom. The third kappa shape index (κ3) is 3.68. The van der Waals surface area contributed by atoms with Gasteiger partial charge >= 0.3 is 6.18 Å². The molecule has 0 amide bonds. The van der Waals surface area contributed by atoms with E-state index in [-0.39, 0.29) is 17.4 Å². The molecule has 0 aliphatic carbocycles. The summed E-state index contributed by atoms with van der Waals surface area (Å²) in [5, 5.41) is 2.97. The van der Waals surface area contributed by atoms with Crippen LogP contribution < -0.4 is 11.1 Å². The van der Waals surface area contributed by atoms with Crippen molar-refractivity contribution >= 4 is 11.4 Å². The van der Waals surface area contributed by atoms with Crippen LogP contribution in [0.2, 0.25) is 0 Å². The smallest absolute Gasteiger partial charge is 0.399 e. The van der Waals surface area contributed by atoms with E-state index in [4.69, 9.17) is 5.73 Å². The topological polar surface area (TPSA) is 38.0 Å². The first kappa shape index (κ1) is 15.2. The number of hydrogen-bond donors (Lipinski definition) is 2. The molecule has 0 radical (unpaired) electrons. The van der Waals surface area contributed by atoms with E-state index in [1.807, 2.05) is 37.3 Å². The fourth-order valence-electron chi connectivity index (χ4n) is 2.22. The Bertz CT molecular complexity index is 594. The number of halogens is 3. The first-order chi connectivity index (χ1) is 9.91. The second kappa shape index (κ2) is 6.08. The Morgan fingerprint density at radius 3 is 2.33 bits per heavy atom. The molecule has 21 heavy (non-hydrogen) atoms. The summed E-state index contributed by atoms with van der Waals surface area (Å²) in [6.45, 7) is 1.93. The lowest BCUT2D eigenvalue weighted by molar-refractivity contribution is -0.136. The van der Waals surface area contributed by atoms with Gasteiger partial charge in [-0.25, -0.2) is 0 Å². The van der Waals surface area contributed by atoms with Gasteiger partial charge in [-0.15, -0.1) is 0 Å². The zero-order chi connectivity index (χ0) is 15.5. The SMILES string of the molecule is CCC(Nc1ccc(N)cc1C(F)(F)F)c1ccccc1. The van der Waals surface area contributed by atoms with Crippen molar-refractivity contribution in [1.29, 1.82) is 0 Å². The van der Waals surface area contributed by atoms with Gasteiger partial charge in [0.1, 0.15) is 0 Å². The van der Waals surface area contributed by atoms with Gasteiger partial charge < -0.3 is 11.1 Å². The molecule has 0 heterocycles. The van der Waals surface area contributed by atoms with Crippen LogP contribution in [0.1, 0.15) is 30.5 Å². The molecule has 0 aliphatic heterocycles. The van der Waals surface area contributed by atoms with Gasteiger partial charge in [-0.3, -0.25) is 0 Å². The molecule has 1 atom stereocenters. The van der Waals surface area contributed by atoms with Crippen molar-refractivity contribution in [2.45, 2.75) is 25.6 Å². The Labute approximate surface area is 121 Å². The van der Waals surface area contributed by atoms with Crippen LogP contribution in [0.5, 0.6) is 0 Å². The molecular formula is C16H17F3N2. The van der Waals surface area contributed by atoms with E-state index in [0.29, 0.717) is 6.42 Å². The maximum Gasteiger partial charge on any atom is 0.418 e. The Kier molecular flexibility index (Phi) is 4.40. The van der Waals surface area contributed by atoms with Gasteiger partial charge in [0.25, 0.3) is 0 Å². The fourth-order valence-corrected chi connectivity index (χ4v) is 2.22. The van der Waals surface area contributed by atoms with Crippen LogP contribution in [-0.4, -0.2) is 0 Å². The quantitative estimate of drug-likeness (QED) is 0.791. The Hall–Kier alpha value is -2.17. The highest BCUT2D eigenvalue weighted by molar-refractivity contribution is 5.60. The fraction of sp³-hybridized carbons (Fsp3) is 0.250. The minimum Gasteiger partial charge on any atom is -0.399 e. The maximum atomic E-state index is 13.1. The Balaban J connectivity index is 2.34. The van der Waals surface area contributed by atoms with Crippen molar-refractivity contribution in [3.63, 3.8) is 0 Å². The third-order valence-corrected chi connectivity index (χ3v) is 3.29. The maximum absolute atomic E-state index is 13.1. The van der Waals surface area contributed by atoms with E-state index >= 15 is 0 Å². The number of hydrogen-bond acceptors (Lipinski definition) is 2. The van der Waals surface area contributed by atoms with Gasteiger partial charge in [0.2, 0.25) is 0 Å². The number of nitrogens with two attached hydrogens (primary N) is 1. The molecule has 0 saturated heterocycles. The van der Waals surface area contributed by atoms with Gasteiger partial charge in [0, 0.05) is 11.4 Å². The largest absolute Gasteiger partial charge is 0.418 e. The molecule has 0 aliphatic rings. The summed E-state index contributed by atoms with van der Waals surface area (Å²) in [6, 6.07) is 13.0. The molecule has 2 rings (SSSR count). The summed E-state index contributed by atoms with van der Waals surface area (Å²) in [5.41, 5.74) is 5.83. The molecule has 0 spiro atoms. The predicted molar refractivity (Wildman–Crippen MR) is 79.0 cm³/mol. The Morgan fingerprint density at radius 1 is 1.10 bits per heavy atom. The number of benzene rings is 2. The van der Waals surface area contributed by atoms with Crippen LogP contribution in [0.25, 0.3) is 0 Å². The molecule has 112 valence electrons. The lowest BCUT2D eigenvalue weighted by Crippen LogP contribution is -2.15. The number of nitrogen functional groups attached to an aromatic ring is 1. The molecule has 3 N–H and O–H groups in total. The van der Waals surface area contributed by atoms with Gasteiger partial charge in [0.05, 0.1) is 11.6 Å². The normalized spacial score (nSPS) is 13.0. The van der Waals surface area contributed by atoms with Crippen molar-refractivity contribution in [3.8, 4) is 0 Å². The third-order valence-electron chi connectivity index (χ3n) is 3.29. The van der Waals surface area contributed by atoms with Crippen molar-refractivity contribution in [2.75, 3.05) is 11.1 Å². The lowest BCUT2D eigenvalue weighted by atomic mass is 10.0. The summed E-state index contributed by atoms with van der Waals surface area (Å²) >= 11 is 0. The summed E-state index contributed by atoms with van der Waals surface area (Å²) in [6.07, 6.45) is -3.77. The van der Waals surface area contributed by atoms with Crippen LogP contribution in [0, 0.1) is 0 Å². The summed E-state index contributed by atoms with van der Waals surface area (Å²) in [4.78, 5) is 0. The number of rotatable bonds is 4. The molecule has 0 fully saturated rings. The highest BCUT2D eigenvalue weighted by Crippen LogP contribution is 2.37. The van der Waals surface area contributed by atoms with Crippen LogP contribution >= 0.6 is 0 Å². The standard InChI is InChI=1S/C16H17F3N2/c1-2-14(11-6-4-3-5-7-11)21-15-9-8-12(20)10-13(15)16(17,18)19/h3-10,14,21H,2,20H2,1H3. The van der Waals surface area contributed by atoms with Crippen molar-refractivity contribution in [1.82, 2.24) is 0 Å². The van der Waals surface area contributed by atoms with Gasteiger partial charge in [-0.1, -0.05) is 37.3 Å². The minimum absolute atomic E-state index is 0.0485. The van der Waals surface area contributed by atoms with Crippen LogP contribution in [0.4, 0.5) is 24.5 Å². The van der Waals surface area contributed by atoms with Crippen molar-refractivity contribution < 1.29 is 13.2 Å². The molecule has 0 saturated carbocycles. The van der Waals surface area contributed by atoms with E-state index in [9.17, 15) is 13.2 Å². The summed E-state index contributed by atoms with van der Waals surface area (Å²) in [7, 11) is 0. The highest BCUT2D eigenvalue weighted by Gasteiger charge is 2.34. The first-order valence-electron chi connectivity index (χ1n) is 6.70. The molecule has 1 unspecified atom stereocenters. The zero-order valence-electron chi connectivity index (χ0n) is 11.6. The molecular weight excluding hydrogens is 277 g/mol. The van der Waals surface area contributed by atoms with Crippen molar-refractivity contribution in [2.24, 2.45) is 0 Å². The average molecular weight is 294 g/mol.